The Morgan fingerprint density at radius 2 is 1.79 bits per heavy atom. The quantitative estimate of drug-likeness (QED) is 0.418. The molecule has 2 amide bonds. The molecule has 2 fully saturated rings. The predicted molar refractivity (Wildman–Crippen MR) is 150 cm³/mol. The second-order valence-electron chi connectivity index (χ2n) is 10.9. The monoisotopic (exact) mass is 516 g/mol. The molecule has 0 spiro atoms. The molecule has 2 heterocycles. The predicted octanol–water partition coefficient (Wildman–Crippen LogP) is 5.42. The number of hydrogen-bond donors (Lipinski definition) is 2. The fraction of sp³-hybridized carbons (Fsp3) is 0.484. The van der Waals surface area contributed by atoms with Crippen molar-refractivity contribution in [3.63, 3.8) is 0 Å². The first-order valence-corrected chi connectivity index (χ1v) is 14.1. The first-order chi connectivity index (χ1) is 18.6. The van der Waals surface area contributed by atoms with Gasteiger partial charge >= 0.3 is 6.09 Å². The summed E-state index contributed by atoms with van der Waals surface area (Å²) in [5, 5.41) is 1.13. The van der Waals surface area contributed by atoms with Crippen molar-refractivity contribution in [1.29, 1.82) is 0 Å². The van der Waals surface area contributed by atoms with E-state index < -0.39 is 6.04 Å². The van der Waals surface area contributed by atoms with E-state index in [-0.39, 0.29) is 36.5 Å². The molecule has 3 unspecified atom stereocenters. The van der Waals surface area contributed by atoms with E-state index in [1.54, 1.807) is 4.90 Å². The van der Waals surface area contributed by atoms with Gasteiger partial charge in [-0.3, -0.25) is 4.79 Å². The average Bonchev–Trinajstić information content (AvgIpc) is 3.59. The zero-order valence-corrected chi connectivity index (χ0v) is 22.4. The standard InChI is InChI=1S/C31H40N4O3/c1-2-17-35(30(36)29(32)23-13-7-4-8-14-23)28-20-34(31(37)38-21-22-11-5-3-6-12-22)19-26(28)25-18-33-27-16-10-9-15-24(25)27/h3,5-6,9-12,15-16,18,23,26,28-29,33H,2,4,7-8,13-14,17,19-21,32H2,1H3. The third kappa shape index (κ3) is 5.58. The lowest BCUT2D eigenvalue weighted by Gasteiger charge is -2.36. The normalized spacial score (nSPS) is 20.9. The van der Waals surface area contributed by atoms with Crippen LogP contribution in [0.2, 0.25) is 0 Å². The van der Waals surface area contributed by atoms with Gasteiger partial charge in [-0.2, -0.15) is 0 Å². The van der Waals surface area contributed by atoms with Gasteiger partial charge < -0.3 is 25.3 Å². The van der Waals surface area contributed by atoms with E-state index in [9.17, 15) is 9.59 Å². The topological polar surface area (TPSA) is 91.7 Å². The number of H-pyrrole nitrogens is 1. The Morgan fingerprint density at radius 1 is 1.05 bits per heavy atom. The number of aromatic nitrogens is 1. The van der Waals surface area contributed by atoms with Gasteiger partial charge in [-0.05, 0) is 42.4 Å². The van der Waals surface area contributed by atoms with Crippen LogP contribution in [0.25, 0.3) is 10.9 Å². The molecular formula is C31H40N4O3. The summed E-state index contributed by atoms with van der Waals surface area (Å²) in [7, 11) is 0. The number of benzene rings is 2. The molecule has 3 N–H and O–H groups in total. The van der Waals surface area contributed by atoms with Gasteiger partial charge in [-0.1, -0.05) is 74.7 Å². The highest BCUT2D eigenvalue weighted by molar-refractivity contribution is 5.85. The van der Waals surface area contributed by atoms with Crippen molar-refractivity contribution in [2.45, 2.75) is 70.1 Å². The minimum absolute atomic E-state index is 0.0214. The summed E-state index contributed by atoms with van der Waals surface area (Å²) in [6.45, 7) is 3.86. The molecule has 5 rings (SSSR count). The van der Waals surface area contributed by atoms with Crippen LogP contribution in [-0.4, -0.2) is 58.5 Å². The van der Waals surface area contributed by atoms with Gasteiger partial charge in [0.15, 0.2) is 0 Å². The van der Waals surface area contributed by atoms with Gasteiger partial charge in [0.2, 0.25) is 5.91 Å². The average molecular weight is 517 g/mol. The molecule has 0 bridgehead atoms. The molecular weight excluding hydrogens is 476 g/mol. The van der Waals surface area contributed by atoms with Crippen LogP contribution in [-0.2, 0) is 16.1 Å². The van der Waals surface area contributed by atoms with Crippen LogP contribution in [0.1, 0.15) is 62.5 Å². The number of rotatable bonds is 8. The lowest BCUT2D eigenvalue weighted by atomic mass is 9.83. The summed E-state index contributed by atoms with van der Waals surface area (Å²) in [5.41, 5.74) is 9.78. The summed E-state index contributed by atoms with van der Waals surface area (Å²) in [6.07, 6.45) is 8.06. The lowest BCUT2D eigenvalue weighted by molar-refractivity contribution is -0.136. The van der Waals surface area contributed by atoms with Crippen molar-refractivity contribution in [2.24, 2.45) is 11.7 Å². The molecule has 1 aromatic heterocycles. The van der Waals surface area contributed by atoms with Crippen molar-refractivity contribution in [3.05, 3.63) is 71.9 Å². The maximum atomic E-state index is 13.9. The van der Waals surface area contributed by atoms with Crippen LogP contribution in [0.4, 0.5) is 4.79 Å². The highest BCUT2D eigenvalue weighted by atomic mass is 16.6. The van der Waals surface area contributed by atoms with Crippen LogP contribution in [0.3, 0.4) is 0 Å². The van der Waals surface area contributed by atoms with E-state index in [2.05, 4.69) is 24.0 Å². The van der Waals surface area contributed by atoms with E-state index in [1.807, 2.05) is 53.6 Å². The molecule has 7 heteroatoms. The summed E-state index contributed by atoms with van der Waals surface area (Å²) in [5.74, 6) is 0.216. The molecule has 2 aliphatic rings. The number of nitrogens with one attached hydrogen (secondary N) is 1. The minimum Gasteiger partial charge on any atom is -0.445 e. The van der Waals surface area contributed by atoms with Crippen molar-refractivity contribution in [1.82, 2.24) is 14.8 Å². The van der Waals surface area contributed by atoms with Gasteiger partial charge in [0.05, 0.1) is 12.1 Å². The van der Waals surface area contributed by atoms with E-state index >= 15 is 0 Å². The zero-order chi connectivity index (χ0) is 26.5. The summed E-state index contributed by atoms with van der Waals surface area (Å²) < 4.78 is 5.71. The number of carbonyl (C=O) groups excluding carboxylic acids is 2. The first-order valence-electron chi connectivity index (χ1n) is 14.1. The Kier molecular flexibility index (Phi) is 8.32. The van der Waals surface area contributed by atoms with Crippen molar-refractivity contribution < 1.29 is 14.3 Å². The molecule has 1 saturated carbocycles. The maximum Gasteiger partial charge on any atom is 0.410 e. The number of ether oxygens (including phenoxy) is 1. The number of nitrogens with zero attached hydrogens (tertiary/aromatic N) is 2. The lowest BCUT2D eigenvalue weighted by Crippen LogP contribution is -2.54. The van der Waals surface area contributed by atoms with Gasteiger partial charge in [0.1, 0.15) is 6.61 Å². The van der Waals surface area contributed by atoms with E-state index in [0.717, 1.165) is 54.1 Å². The fourth-order valence-corrected chi connectivity index (χ4v) is 6.34. The van der Waals surface area contributed by atoms with Crippen molar-refractivity contribution in [3.8, 4) is 0 Å². The summed E-state index contributed by atoms with van der Waals surface area (Å²) >= 11 is 0. The van der Waals surface area contributed by atoms with Crippen molar-refractivity contribution in [2.75, 3.05) is 19.6 Å². The molecule has 3 atom stereocenters. The van der Waals surface area contributed by atoms with Gasteiger partial charge in [0, 0.05) is 42.7 Å². The molecule has 1 aliphatic carbocycles. The number of likely N-dealkylation sites (tertiary alicyclic amines) is 1. The Morgan fingerprint density at radius 3 is 2.55 bits per heavy atom. The van der Waals surface area contributed by atoms with E-state index in [1.165, 1.54) is 6.42 Å². The summed E-state index contributed by atoms with van der Waals surface area (Å²) in [6, 6.07) is 17.3. The number of aromatic amines is 1. The zero-order valence-electron chi connectivity index (χ0n) is 22.4. The van der Waals surface area contributed by atoms with Crippen LogP contribution in [0.5, 0.6) is 0 Å². The van der Waals surface area contributed by atoms with Crippen LogP contribution >= 0.6 is 0 Å². The number of para-hydroxylation sites is 1. The molecule has 2 aromatic carbocycles. The Hall–Kier alpha value is -3.32. The highest BCUT2D eigenvalue weighted by Crippen LogP contribution is 2.37. The van der Waals surface area contributed by atoms with Crippen molar-refractivity contribution >= 4 is 22.9 Å². The third-order valence-corrected chi connectivity index (χ3v) is 8.36. The second-order valence-corrected chi connectivity index (χ2v) is 10.9. The maximum absolute atomic E-state index is 13.9. The first kappa shape index (κ1) is 26.3. The summed E-state index contributed by atoms with van der Waals surface area (Å²) in [4.78, 5) is 34.3. The highest BCUT2D eigenvalue weighted by Gasteiger charge is 2.44. The number of nitrogens with two attached hydrogens (primary N) is 1. The smallest absolute Gasteiger partial charge is 0.410 e. The molecule has 38 heavy (non-hydrogen) atoms. The van der Waals surface area contributed by atoms with Crippen LogP contribution < -0.4 is 5.73 Å². The van der Waals surface area contributed by atoms with Crippen LogP contribution in [0, 0.1) is 5.92 Å². The number of fused-ring (bicyclic) bond motifs is 1. The second kappa shape index (κ2) is 12.0. The number of hydrogen-bond acceptors (Lipinski definition) is 4. The van der Waals surface area contributed by atoms with Gasteiger partial charge in [-0.15, -0.1) is 0 Å². The third-order valence-electron chi connectivity index (χ3n) is 8.36. The minimum atomic E-state index is -0.496. The van der Waals surface area contributed by atoms with E-state index in [0.29, 0.717) is 19.6 Å². The molecule has 0 radical (unpaired) electrons. The Labute approximate surface area is 225 Å². The largest absolute Gasteiger partial charge is 0.445 e. The molecule has 1 aliphatic heterocycles. The van der Waals surface area contributed by atoms with E-state index in [4.69, 9.17) is 10.5 Å². The SMILES string of the molecule is CCCN(C(=O)C(N)C1CCCCC1)C1CN(C(=O)OCc2ccccc2)CC1c1c[nH]c2ccccc12. The molecule has 1 saturated heterocycles. The van der Waals surface area contributed by atoms with Gasteiger partial charge in [-0.25, -0.2) is 4.79 Å². The molecule has 202 valence electrons. The molecule has 3 aromatic rings. The Balaban J connectivity index is 1.41. The number of carbonyl (C=O) groups is 2. The fourth-order valence-electron chi connectivity index (χ4n) is 6.34. The molecule has 7 nitrogen and oxygen atoms in total. The number of amides is 2. The van der Waals surface area contributed by atoms with Gasteiger partial charge in [0.25, 0.3) is 0 Å². The van der Waals surface area contributed by atoms with Crippen LogP contribution in [0.15, 0.2) is 60.8 Å². The Bertz CT molecular complexity index is 1220.